The molecule has 2 aromatic heterocycles. The van der Waals surface area contributed by atoms with E-state index in [1.165, 1.54) is 25.6 Å². The Bertz CT molecular complexity index is 1030. The van der Waals surface area contributed by atoms with Gasteiger partial charge in [-0.1, -0.05) is 12.1 Å². The fourth-order valence-corrected chi connectivity index (χ4v) is 4.22. The summed E-state index contributed by atoms with van der Waals surface area (Å²) in [7, 11) is 1.37. The van der Waals surface area contributed by atoms with E-state index in [1.54, 1.807) is 17.2 Å². The van der Waals surface area contributed by atoms with Crippen LogP contribution in [-0.4, -0.2) is 39.6 Å². The van der Waals surface area contributed by atoms with Crippen molar-refractivity contribution in [1.29, 1.82) is 0 Å². The Morgan fingerprint density at radius 1 is 1.42 bits per heavy atom. The molecule has 1 fully saturated rings. The molecule has 3 aromatic rings. The summed E-state index contributed by atoms with van der Waals surface area (Å²) in [6.07, 6.45) is 4.83. The largest absolute Gasteiger partial charge is 0.453 e. The zero-order chi connectivity index (χ0) is 17.9. The molecule has 0 bridgehead atoms. The Morgan fingerprint density at radius 3 is 3.00 bits per heavy atom. The van der Waals surface area contributed by atoms with Crippen LogP contribution >= 0.6 is 0 Å². The minimum absolute atomic E-state index is 0.111. The number of amides is 1. The van der Waals surface area contributed by atoms with Crippen molar-refractivity contribution in [3.05, 3.63) is 59.4 Å². The monoisotopic (exact) mass is 352 g/mol. The number of carbonyl (C=O) groups is 1. The van der Waals surface area contributed by atoms with Crippen LogP contribution in [0, 0.1) is 5.82 Å². The fourth-order valence-electron chi connectivity index (χ4n) is 4.22. The van der Waals surface area contributed by atoms with Gasteiger partial charge in [0.2, 0.25) is 0 Å². The number of fused-ring (bicyclic) bond motifs is 4. The van der Waals surface area contributed by atoms with Crippen LogP contribution in [0.3, 0.4) is 0 Å². The second-order valence-electron chi connectivity index (χ2n) is 7.03. The molecule has 0 saturated heterocycles. The summed E-state index contributed by atoms with van der Waals surface area (Å²) in [4.78, 5) is 26.2. The highest BCUT2D eigenvalue weighted by Gasteiger charge is 2.55. The lowest BCUT2D eigenvalue weighted by atomic mass is 9.84. The number of carbonyl (C=O) groups excluding carboxylic acids is 1. The van der Waals surface area contributed by atoms with Gasteiger partial charge in [0.1, 0.15) is 18.2 Å². The molecule has 1 unspecified atom stereocenters. The Morgan fingerprint density at radius 2 is 2.27 bits per heavy atom. The molecule has 1 saturated carbocycles. The number of ether oxygens (including phenoxy) is 1. The summed E-state index contributed by atoms with van der Waals surface area (Å²) >= 11 is 0. The summed E-state index contributed by atoms with van der Waals surface area (Å²) in [6, 6.07) is 5.90. The lowest BCUT2D eigenvalue weighted by Gasteiger charge is -2.39. The topological polar surface area (TPSA) is 71.1 Å². The third kappa shape index (κ3) is 2.06. The van der Waals surface area contributed by atoms with Crippen LogP contribution in [0.2, 0.25) is 0 Å². The maximum atomic E-state index is 13.9. The number of rotatable bonds is 1. The summed E-state index contributed by atoms with van der Waals surface area (Å²) in [5.41, 5.74) is 4.31. The number of methoxy groups -OCH3 is 1. The van der Waals surface area contributed by atoms with Crippen LogP contribution in [0.4, 0.5) is 9.18 Å². The van der Waals surface area contributed by atoms with Gasteiger partial charge in [0.15, 0.2) is 0 Å². The number of nitrogens with zero attached hydrogens (tertiary/aromatic N) is 3. The van der Waals surface area contributed by atoms with Gasteiger partial charge in [-0.05, 0) is 30.5 Å². The van der Waals surface area contributed by atoms with Crippen molar-refractivity contribution in [1.82, 2.24) is 19.9 Å². The number of aromatic nitrogens is 3. The molecule has 1 spiro atoms. The van der Waals surface area contributed by atoms with Gasteiger partial charge in [0, 0.05) is 23.2 Å². The lowest BCUT2D eigenvalue weighted by molar-refractivity contribution is 0.101. The molecule has 5 rings (SSSR count). The van der Waals surface area contributed by atoms with Crippen LogP contribution in [0.5, 0.6) is 0 Å². The Hall–Kier alpha value is -2.96. The van der Waals surface area contributed by atoms with Crippen LogP contribution in [0.25, 0.3) is 11.0 Å². The van der Waals surface area contributed by atoms with Crippen LogP contribution in [0.1, 0.15) is 35.7 Å². The number of benzene rings is 1. The van der Waals surface area contributed by atoms with E-state index < -0.39 is 12.1 Å². The summed E-state index contributed by atoms with van der Waals surface area (Å²) < 4.78 is 18.9. The summed E-state index contributed by atoms with van der Waals surface area (Å²) in [5.74, 6) is -0.337. The van der Waals surface area contributed by atoms with Crippen molar-refractivity contribution in [2.45, 2.75) is 24.3 Å². The van der Waals surface area contributed by atoms with Gasteiger partial charge >= 0.3 is 6.09 Å². The molecule has 1 aromatic carbocycles. The standard InChI is InChI=1S/C19H17FN4O2/c1-26-18(25)24-9-19(5-6-19)14-15-13(8-21-10-22-15)23-16(14)17(24)11-3-2-4-12(20)7-11/h2-4,7-8,10,17,23H,5-6,9H2,1H3. The highest BCUT2D eigenvalue weighted by molar-refractivity contribution is 5.84. The van der Waals surface area contributed by atoms with E-state index in [0.717, 1.165) is 35.1 Å². The van der Waals surface area contributed by atoms with E-state index in [2.05, 4.69) is 15.0 Å². The lowest BCUT2D eigenvalue weighted by Crippen LogP contribution is -2.45. The molecule has 3 heterocycles. The predicted molar refractivity (Wildman–Crippen MR) is 92.2 cm³/mol. The maximum absolute atomic E-state index is 13.9. The number of H-pyrrole nitrogens is 1. The van der Waals surface area contributed by atoms with E-state index in [1.807, 2.05) is 6.07 Å². The predicted octanol–water partition coefficient (Wildman–Crippen LogP) is 3.30. The first-order chi connectivity index (χ1) is 12.6. The molecule has 0 radical (unpaired) electrons. The van der Waals surface area contributed by atoms with E-state index in [4.69, 9.17) is 4.74 Å². The minimum atomic E-state index is -0.450. The van der Waals surface area contributed by atoms with E-state index >= 15 is 0 Å². The Labute approximate surface area is 149 Å². The normalized spacial score (nSPS) is 20.2. The van der Waals surface area contributed by atoms with Crippen molar-refractivity contribution >= 4 is 17.1 Å². The third-order valence-electron chi connectivity index (χ3n) is 5.50. The summed E-state index contributed by atoms with van der Waals surface area (Å²) in [5, 5.41) is 0. The van der Waals surface area contributed by atoms with E-state index in [9.17, 15) is 9.18 Å². The van der Waals surface area contributed by atoms with Crippen LogP contribution in [-0.2, 0) is 10.2 Å². The third-order valence-corrected chi connectivity index (χ3v) is 5.50. The molecular formula is C19H17FN4O2. The van der Waals surface area contributed by atoms with E-state index in [0.29, 0.717) is 12.1 Å². The quantitative estimate of drug-likeness (QED) is 0.729. The smallest absolute Gasteiger partial charge is 0.410 e. The van der Waals surface area contributed by atoms with Gasteiger partial charge in [-0.15, -0.1) is 0 Å². The molecule has 26 heavy (non-hydrogen) atoms. The first-order valence-corrected chi connectivity index (χ1v) is 8.55. The van der Waals surface area contributed by atoms with Crippen LogP contribution < -0.4 is 0 Å². The van der Waals surface area contributed by atoms with E-state index in [-0.39, 0.29) is 11.2 Å². The Kier molecular flexibility index (Phi) is 3.10. The zero-order valence-corrected chi connectivity index (χ0v) is 14.2. The molecule has 6 nitrogen and oxygen atoms in total. The first-order valence-electron chi connectivity index (χ1n) is 8.55. The molecular weight excluding hydrogens is 335 g/mol. The number of halogens is 1. The molecule has 1 amide bonds. The molecule has 1 aliphatic carbocycles. The number of aromatic amines is 1. The minimum Gasteiger partial charge on any atom is -0.453 e. The average Bonchev–Trinajstić information content (AvgIpc) is 3.30. The van der Waals surface area contributed by atoms with Gasteiger partial charge in [-0.3, -0.25) is 4.90 Å². The summed E-state index contributed by atoms with van der Waals surface area (Å²) in [6.45, 7) is 0.533. The second kappa shape index (κ2) is 5.27. The number of hydrogen-bond acceptors (Lipinski definition) is 4. The first kappa shape index (κ1) is 15.3. The average molecular weight is 352 g/mol. The highest BCUT2D eigenvalue weighted by atomic mass is 19.1. The van der Waals surface area contributed by atoms with Gasteiger partial charge in [0.25, 0.3) is 0 Å². The van der Waals surface area contributed by atoms with Crippen molar-refractivity contribution < 1.29 is 13.9 Å². The van der Waals surface area contributed by atoms with Gasteiger partial charge in [0.05, 0.1) is 24.3 Å². The van der Waals surface area contributed by atoms with Crippen molar-refractivity contribution in [3.8, 4) is 0 Å². The highest BCUT2D eigenvalue weighted by Crippen LogP contribution is 2.57. The fraction of sp³-hybridized carbons (Fsp3) is 0.316. The van der Waals surface area contributed by atoms with Gasteiger partial charge < -0.3 is 9.72 Å². The van der Waals surface area contributed by atoms with Gasteiger partial charge in [-0.25, -0.2) is 19.2 Å². The molecule has 132 valence electrons. The molecule has 2 aliphatic rings. The van der Waals surface area contributed by atoms with Gasteiger partial charge in [-0.2, -0.15) is 0 Å². The molecule has 1 aliphatic heterocycles. The van der Waals surface area contributed by atoms with Crippen molar-refractivity contribution in [3.63, 3.8) is 0 Å². The molecule has 1 atom stereocenters. The van der Waals surface area contributed by atoms with Crippen molar-refractivity contribution in [2.75, 3.05) is 13.7 Å². The van der Waals surface area contributed by atoms with Crippen molar-refractivity contribution in [2.24, 2.45) is 0 Å². The molecule has 7 heteroatoms. The maximum Gasteiger partial charge on any atom is 0.410 e. The SMILES string of the molecule is COC(=O)N1CC2(CC2)c2c([nH]c3cncnc23)C1c1cccc(F)c1. The zero-order valence-electron chi connectivity index (χ0n) is 14.2. The number of hydrogen-bond donors (Lipinski definition) is 1. The Balaban J connectivity index is 1.78. The molecule has 1 N–H and O–H groups in total. The van der Waals surface area contributed by atoms with Crippen LogP contribution in [0.15, 0.2) is 36.8 Å². The number of nitrogens with one attached hydrogen (secondary N) is 1. The second-order valence-corrected chi connectivity index (χ2v) is 7.03.